The molecule has 1 aromatic carbocycles. The van der Waals surface area contributed by atoms with E-state index in [4.69, 9.17) is 23.9 Å². The smallest absolute Gasteiger partial charge is 0.420 e. The van der Waals surface area contributed by atoms with E-state index in [1.807, 2.05) is 49.4 Å². The molecule has 0 bridgehead atoms. The molecule has 0 aliphatic rings. The monoisotopic (exact) mass is 542 g/mol. The summed E-state index contributed by atoms with van der Waals surface area (Å²) in [5, 5.41) is 0.701. The van der Waals surface area contributed by atoms with Crippen LogP contribution in [0.3, 0.4) is 0 Å². The second kappa shape index (κ2) is 10.4. The van der Waals surface area contributed by atoms with Crippen molar-refractivity contribution in [2.75, 3.05) is 14.2 Å². The predicted octanol–water partition coefficient (Wildman–Crippen LogP) is 5.82. The van der Waals surface area contributed by atoms with E-state index in [0.29, 0.717) is 52.1 Å². The highest BCUT2D eigenvalue weighted by Gasteiger charge is 2.27. The summed E-state index contributed by atoms with van der Waals surface area (Å²) in [7, 11) is 2.82. The summed E-state index contributed by atoms with van der Waals surface area (Å²) >= 11 is 0. The molecule has 0 saturated heterocycles. The first-order valence-corrected chi connectivity index (χ1v) is 12.7. The highest BCUT2D eigenvalue weighted by molar-refractivity contribution is 5.95. The summed E-state index contributed by atoms with van der Waals surface area (Å²) in [4.78, 5) is 35.3. The molecule has 0 N–H and O–H groups in total. The van der Waals surface area contributed by atoms with Crippen molar-refractivity contribution in [2.24, 2.45) is 0 Å². The standard InChI is InChI=1S/C30H30N4O6/c1-18-26(31-23-15-21(28(35)38-6)16-25(37-5)33(18)23)22-14-20-12-13-24(39-17-19-10-8-7-9-11-19)32-27(20)34(22)29(36)40-30(2,3)4/h7-16H,17H2,1-6H3. The molecule has 10 heteroatoms. The van der Waals surface area contributed by atoms with Crippen LogP contribution in [0, 0.1) is 6.92 Å². The summed E-state index contributed by atoms with van der Waals surface area (Å²) < 4.78 is 25.3. The number of aromatic nitrogens is 4. The summed E-state index contributed by atoms with van der Waals surface area (Å²) in [5.41, 5.74) is 3.01. The molecule has 4 heterocycles. The van der Waals surface area contributed by atoms with E-state index in [0.717, 1.165) is 5.56 Å². The molecule has 206 valence electrons. The van der Waals surface area contributed by atoms with Gasteiger partial charge >= 0.3 is 12.1 Å². The second-order valence-corrected chi connectivity index (χ2v) is 10.2. The number of hydrogen-bond acceptors (Lipinski definition) is 8. The molecule has 40 heavy (non-hydrogen) atoms. The summed E-state index contributed by atoms with van der Waals surface area (Å²) in [6.45, 7) is 7.58. The van der Waals surface area contributed by atoms with Crippen LogP contribution in [0.5, 0.6) is 11.8 Å². The zero-order chi connectivity index (χ0) is 28.6. The summed E-state index contributed by atoms with van der Waals surface area (Å²) in [6, 6.07) is 18.4. The maximum Gasteiger partial charge on any atom is 0.420 e. The van der Waals surface area contributed by atoms with Crippen molar-refractivity contribution in [3.05, 3.63) is 77.5 Å². The number of fused-ring (bicyclic) bond motifs is 2. The van der Waals surface area contributed by atoms with Gasteiger partial charge < -0.3 is 18.9 Å². The molecule has 5 rings (SSSR count). The molecule has 0 aliphatic heterocycles. The number of pyridine rings is 2. The first-order valence-electron chi connectivity index (χ1n) is 12.7. The average molecular weight is 543 g/mol. The number of aryl methyl sites for hydroxylation is 1. The maximum atomic E-state index is 13.6. The van der Waals surface area contributed by atoms with Crippen molar-refractivity contribution in [1.82, 2.24) is 18.9 Å². The lowest BCUT2D eigenvalue weighted by Crippen LogP contribution is -2.27. The van der Waals surface area contributed by atoms with E-state index in [-0.39, 0.29) is 5.56 Å². The molecule has 0 fully saturated rings. The lowest BCUT2D eigenvalue weighted by atomic mass is 10.2. The average Bonchev–Trinajstić information content (AvgIpc) is 3.47. The number of rotatable bonds is 6. The molecule has 0 amide bonds. The van der Waals surface area contributed by atoms with Gasteiger partial charge in [0.15, 0.2) is 11.5 Å². The largest absolute Gasteiger partial charge is 0.482 e. The van der Waals surface area contributed by atoms with E-state index in [1.165, 1.54) is 18.8 Å². The molecule has 4 aromatic heterocycles. The lowest BCUT2D eigenvalue weighted by Gasteiger charge is -2.20. The molecule has 5 aromatic rings. The highest BCUT2D eigenvalue weighted by atomic mass is 16.6. The third-order valence-corrected chi connectivity index (χ3v) is 6.22. The van der Waals surface area contributed by atoms with E-state index < -0.39 is 17.7 Å². The van der Waals surface area contributed by atoms with Crippen molar-refractivity contribution in [3.8, 4) is 23.1 Å². The quantitative estimate of drug-likeness (QED) is 0.247. The predicted molar refractivity (Wildman–Crippen MR) is 149 cm³/mol. The zero-order valence-electron chi connectivity index (χ0n) is 23.2. The molecule has 0 aliphatic carbocycles. The van der Waals surface area contributed by atoms with Gasteiger partial charge in [-0.15, -0.1) is 0 Å². The Hall–Kier alpha value is -4.86. The van der Waals surface area contributed by atoms with E-state index >= 15 is 0 Å². The minimum Gasteiger partial charge on any atom is -0.482 e. The number of hydrogen-bond donors (Lipinski definition) is 0. The Morgan fingerprint density at radius 2 is 1.70 bits per heavy atom. The van der Waals surface area contributed by atoms with Crippen molar-refractivity contribution in [2.45, 2.75) is 39.9 Å². The molecule has 0 atom stereocenters. The molecule has 0 unspecified atom stereocenters. The van der Waals surface area contributed by atoms with Crippen LogP contribution in [0.4, 0.5) is 4.79 Å². The fraction of sp³-hybridized carbons (Fsp3) is 0.267. The molecule has 0 saturated carbocycles. The Morgan fingerprint density at radius 3 is 2.38 bits per heavy atom. The zero-order valence-corrected chi connectivity index (χ0v) is 23.2. The third kappa shape index (κ3) is 5.07. The fourth-order valence-corrected chi connectivity index (χ4v) is 4.44. The highest BCUT2D eigenvalue weighted by Crippen LogP contribution is 2.33. The Bertz CT molecular complexity index is 1730. The number of imidazole rings is 1. The van der Waals surface area contributed by atoms with Gasteiger partial charge in [-0.2, -0.15) is 4.98 Å². The van der Waals surface area contributed by atoms with Crippen LogP contribution in [0.2, 0.25) is 0 Å². The Kier molecular flexibility index (Phi) is 6.93. The summed E-state index contributed by atoms with van der Waals surface area (Å²) in [6.07, 6.45) is -0.608. The van der Waals surface area contributed by atoms with Crippen LogP contribution in [0.15, 0.2) is 60.7 Å². The van der Waals surface area contributed by atoms with Gasteiger partial charge in [-0.1, -0.05) is 30.3 Å². The minimum absolute atomic E-state index is 0.290. The van der Waals surface area contributed by atoms with Crippen molar-refractivity contribution < 1.29 is 28.5 Å². The molecule has 10 nitrogen and oxygen atoms in total. The van der Waals surface area contributed by atoms with Crippen LogP contribution in [0.25, 0.3) is 28.1 Å². The van der Waals surface area contributed by atoms with E-state index in [9.17, 15) is 9.59 Å². The Morgan fingerprint density at radius 1 is 0.950 bits per heavy atom. The van der Waals surface area contributed by atoms with Gasteiger partial charge in [-0.3, -0.25) is 4.40 Å². The topological polar surface area (TPSA) is 106 Å². The van der Waals surface area contributed by atoms with E-state index in [1.54, 1.807) is 43.4 Å². The molecular formula is C30H30N4O6. The fourth-order valence-electron chi connectivity index (χ4n) is 4.44. The van der Waals surface area contributed by atoms with Gasteiger partial charge in [0.05, 0.1) is 31.2 Å². The third-order valence-electron chi connectivity index (χ3n) is 6.22. The number of nitrogens with zero attached hydrogens (tertiary/aromatic N) is 4. The van der Waals surface area contributed by atoms with Gasteiger partial charge in [-0.25, -0.2) is 19.1 Å². The summed E-state index contributed by atoms with van der Waals surface area (Å²) in [5.74, 6) is 0.240. The van der Waals surface area contributed by atoms with Gasteiger partial charge in [-0.05, 0) is 51.5 Å². The van der Waals surface area contributed by atoms with Crippen LogP contribution in [0.1, 0.15) is 42.4 Å². The van der Waals surface area contributed by atoms with Gasteiger partial charge in [0, 0.05) is 17.5 Å². The molecule has 0 spiro atoms. The van der Waals surface area contributed by atoms with Gasteiger partial charge in [0.2, 0.25) is 5.88 Å². The lowest BCUT2D eigenvalue weighted by molar-refractivity contribution is 0.0544. The number of methoxy groups -OCH3 is 2. The number of carbonyl (C=O) groups excluding carboxylic acids is 2. The number of benzene rings is 1. The second-order valence-electron chi connectivity index (χ2n) is 10.2. The number of ether oxygens (including phenoxy) is 4. The Balaban J connectivity index is 1.67. The van der Waals surface area contributed by atoms with Gasteiger partial charge in [0.1, 0.15) is 23.5 Å². The van der Waals surface area contributed by atoms with Crippen molar-refractivity contribution in [3.63, 3.8) is 0 Å². The first kappa shape index (κ1) is 26.7. The number of esters is 1. The molecule has 0 radical (unpaired) electrons. The maximum absolute atomic E-state index is 13.6. The van der Waals surface area contributed by atoms with Crippen LogP contribution in [-0.2, 0) is 16.1 Å². The Labute approximate surface area is 231 Å². The van der Waals surface area contributed by atoms with Crippen molar-refractivity contribution in [1.29, 1.82) is 0 Å². The number of carbonyl (C=O) groups is 2. The van der Waals surface area contributed by atoms with E-state index in [2.05, 4.69) is 4.98 Å². The van der Waals surface area contributed by atoms with Gasteiger partial charge in [0.25, 0.3) is 0 Å². The molecular weight excluding hydrogens is 512 g/mol. The SMILES string of the molecule is COC(=O)c1cc(OC)n2c(C)c(-c3cc4ccc(OCc5ccccc5)nc4n3C(=O)OC(C)(C)C)nc2c1. The normalized spacial score (nSPS) is 11.6. The van der Waals surface area contributed by atoms with Crippen LogP contribution >= 0.6 is 0 Å². The van der Waals surface area contributed by atoms with Crippen molar-refractivity contribution >= 4 is 28.7 Å². The first-order chi connectivity index (χ1) is 19.1. The van der Waals surface area contributed by atoms with Crippen LogP contribution in [-0.4, -0.2) is 50.8 Å². The minimum atomic E-state index is -0.751. The van der Waals surface area contributed by atoms with Crippen LogP contribution < -0.4 is 9.47 Å².